The molecule has 0 radical (unpaired) electrons. The molecule has 0 aromatic heterocycles. The Hall–Kier alpha value is -2.04. The Bertz CT molecular complexity index is 441. The van der Waals surface area contributed by atoms with Gasteiger partial charge in [-0.1, -0.05) is 6.07 Å². The highest BCUT2D eigenvalue weighted by atomic mass is 16.4. The van der Waals surface area contributed by atoms with Gasteiger partial charge >= 0.3 is 5.97 Å². The van der Waals surface area contributed by atoms with Crippen LogP contribution in [-0.2, 0) is 16.0 Å². The van der Waals surface area contributed by atoms with E-state index in [0.29, 0.717) is 5.69 Å². The van der Waals surface area contributed by atoms with Crippen LogP contribution in [0.25, 0.3) is 0 Å². The zero-order chi connectivity index (χ0) is 11.0. The summed E-state index contributed by atoms with van der Waals surface area (Å²) in [5, 5.41) is 17.9. The van der Waals surface area contributed by atoms with Crippen molar-refractivity contribution in [3.8, 4) is 5.75 Å². The average molecular weight is 207 g/mol. The molecule has 5 heteroatoms. The number of aliphatic carboxylic acids is 1. The van der Waals surface area contributed by atoms with Gasteiger partial charge in [-0.05, 0) is 11.6 Å². The highest BCUT2D eigenvalue weighted by molar-refractivity contribution is 6.04. The number of fused-ring (bicyclic) bond motifs is 1. The molecular weight excluding hydrogens is 198 g/mol. The zero-order valence-electron chi connectivity index (χ0n) is 7.80. The van der Waals surface area contributed by atoms with E-state index in [0.717, 1.165) is 10.5 Å². The topological polar surface area (TPSA) is 77.8 Å². The minimum Gasteiger partial charge on any atom is -0.508 e. The third-order valence-electron chi connectivity index (χ3n) is 2.30. The molecule has 0 spiro atoms. The summed E-state index contributed by atoms with van der Waals surface area (Å²) in [7, 11) is 0. The van der Waals surface area contributed by atoms with E-state index in [-0.39, 0.29) is 24.6 Å². The number of rotatable bonds is 2. The number of carbonyl (C=O) groups excluding carboxylic acids is 1. The van der Waals surface area contributed by atoms with Gasteiger partial charge in [-0.3, -0.25) is 9.59 Å². The summed E-state index contributed by atoms with van der Waals surface area (Å²) in [6, 6.07) is 4.52. The first-order valence-electron chi connectivity index (χ1n) is 4.42. The molecule has 1 aliphatic heterocycles. The average Bonchev–Trinajstić information content (AvgIpc) is 2.43. The van der Waals surface area contributed by atoms with Crippen molar-refractivity contribution in [1.29, 1.82) is 0 Å². The number of amides is 1. The summed E-state index contributed by atoms with van der Waals surface area (Å²) in [6.45, 7) is -0.366. The van der Waals surface area contributed by atoms with Crippen LogP contribution >= 0.6 is 0 Å². The maximum Gasteiger partial charge on any atom is 0.323 e. The number of nitrogens with zero attached hydrogens (tertiary/aromatic N) is 1. The molecule has 2 N–H and O–H groups in total. The van der Waals surface area contributed by atoms with Gasteiger partial charge in [0.25, 0.3) is 0 Å². The molecule has 0 fully saturated rings. The fraction of sp³-hybridized carbons (Fsp3) is 0.200. The molecule has 0 atom stereocenters. The third-order valence-corrected chi connectivity index (χ3v) is 2.30. The summed E-state index contributed by atoms with van der Waals surface area (Å²) in [6.07, 6.45) is 0.197. The predicted octanol–water partition coefficient (Wildman–Crippen LogP) is 0.366. The Labute approximate surface area is 85.6 Å². The molecule has 1 heterocycles. The van der Waals surface area contributed by atoms with Crippen molar-refractivity contribution >= 4 is 17.6 Å². The number of carboxylic acid groups (broad SMARTS) is 1. The van der Waals surface area contributed by atoms with Gasteiger partial charge in [0.15, 0.2) is 0 Å². The van der Waals surface area contributed by atoms with Gasteiger partial charge in [0.1, 0.15) is 12.3 Å². The predicted molar refractivity (Wildman–Crippen MR) is 51.8 cm³/mol. The molecule has 0 unspecified atom stereocenters. The first-order chi connectivity index (χ1) is 7.08. The lowest BCUT2D eigenvalue weighted by Gasteiger charge is -2.14. The van der Waals surface area contributed by atoms with Crippen LogP contribution in [0.2, 0.25) is 0 Å². The Morgan fingerprint density at radius 3 is 2.87 bits per heavy atom. The molecule has 5 nitrogen and oxygen atoms in total. The number of phenols is 1. The second-order valence-electron chi connectivity index (χ2n) is 3.36. The molecule has 78 valence electrons. The lowest BCUT2D eigenvalue weighted by molar-refractivity contribution is -0.136. The van der Waals surface area contributed by atoms with Gasteiger partial charge < -0.3 is 15.1 Å². The van der Waals surface area contributed by atoms with E-state index in [2.05, 4.69) is 0 Å². The van der Waals surface area contributed by atoms with Gasteiger partial charge in [-0.2, -0.15) is 0 Å². The van der Waals surface area contributed by atoms with Crippen molar-refractivity contribution in [1.82, 2.24) is 0 Å². The Morgan fingerprint density at radius 2 is 2.20 bits per heavy atom. The van der Waals surface area contributed by atoms with Crippen molar-refractivity contribution in [2.45, 2.75) is 6.42 Å². The monoisotopic (exact) mass is 207 g/mol. The second-order valence-corrected chi connectivity index (χ2v) is 3.36. The van der Waals surface area contributed by atoms with Crippen molar-refractivity contribution in [2.75, 3.05) is 11.4 Å². The van der Waals surface area contributed by atoms with Crippen LogP contribution in [0.1, 0.15) is 5.56 Å². The Morgan fingerprint density at radius 1 is 1.47 bits per heavy atom. The lowest BCUT2D eigenvalue weighted by atomic mass is 10.1. The highest BCUT2D eigenvalue weighted by Crippen LogP contribution is 2.31. The normalized spacial score (nSPS) is 14.1. The van der Waals surface area contributed by atoms with E-state index in [9.17, 15) is 14.7 Å². The van der Waals surface area contributed by atoms with Gasteiger partial charge in [0, 0.05) is 6.07 Å². The maximum atomic E-state index is 11.5. The van der Waals surface area contributed by atoms with Crippen LogP contribution in [0.3, 0.4) is 0 Å². The van der Waals surface area contributed by atoms with Crippen molar-refractivity contribution in [3.05, 3.63) is 23.8 Å². The van der Waals surface area contributed by atoms with Crippen LogP contribution in [0.5, 0.6) is 5.75 Å². The number of benzene rings is 1. The Kier molecular flexibility index (Phi) is 2.07. The summed E-state index contributed by atoms with van der Waals surface area (Å²) < 4.78 is 0. The fourth-order valence-electron chi connectivity index (χ4n) is 1.65. The summed E-state index contributed by atoms with van der Waals surface area (Å²) in [4.78, 5) is 23.2. The van der Waals surface area contributed by atoms with Crippen LogP contribution < -0.4 is 4.90 Å². The van der Waals surface area contributed by atoms with Crippen molar-refractivity contribution in [3.63, 3.8) is 0 Å². The van der Waals surface area contributed by atoms with Gasteiger partial charge in [-0.25, -0.2) is 0 Å². The number of carbonyl (C=O) groups is 2. The first-order valence-corrected chi connectivity index (χ1v) is 4.42. The molecule has 0 saturated heterocycles. The molecule has 1 amide bonds. The smallest absolute Gasteiger partial charge is 0.323 e. The van der Waals surface area contributed by atoms with Crippen LogP contribution in [0.15, 0.2) is 18.2 Å². The quantitative estimate of drug-likeness (QED) is 0.734. The van der Waals surface area contributed by atoms with Gasteiger partial charge in [0.05, 0.1) is 12.1 Å². The third kappa shape index (κ3) is 1.63. The molecule has 1 aromatic carbocycles. The van der Waals surface area contributed by atoms with E-state index >= 15 is 0 Å². The minimum absolute atomic E-state index is 0.0267. The summed E-state index contributed by atoms with van der Waals surface area (Å²) in [5.74, 6) is -1.30. The molecule has 0 bridgehead atoms. The fourth-order valence-corrected chi connectivity index (χ4v) is 1.65. The number of hydrogen-bond acceptors (Lipinski definition) is 3. The van der Waals surface area contributed by atoms with Gasteiger partial charge in [0.2, 0.25) is 5.91 Å². The van der Waals surface area contributed by atoms with Gasteiger partial charge in [-0.15, -0.1) is 0 Å². The van der Waals surface area contributed by atoms with Crippen LogP contribution in [-0.4, -0.2) is 28.6 Å². The van der Waals surface area contributed by atoms with E-state index in [1.807, 2.05) is 0 Å². The standard InChI is InChI=1S/C10H9NO4/c12-7-2-1-6-3-9(13)11(5-10(14)15)8(6)4-7/h1-2,4,12H,3,5H2,(H,14,15). The Balaban J connectivity index is 2.39. The number of hydrogen-bond donors (Lipinski definition) is 2. The molecule has 1 aliphatic rings. The van der Waals surface area contributed by atoms with Crippen molar-refractivity contribution < 1.29 is 19.8 Å². The van der Waals surface area contributed by atoms with Crippen LogP contribution in [0, 0.1) is 0 Å². The molecule has 2 rings (SSSR count). The van der Waals surface area contributed by atoms with E-state index in [4.69, 9.17) is 5.11 Å². The highest BCUT2D eigenvalue weighted by Gasteiger charge is 2.28. The van der Waals surface area contributed by atoms with E-state index < -0.39 is 5.97 Å². The molecule has 15 heavy (non-hydrogen) atoms. The lowest BCUT2D eigenvalue weighted by Crippen LogP contribution is -2.32. The molecule has 0 aliphatic carbocycles. The number of phenolic OH excluding ortho intramolecular Hbond substituents is 1. The molecule has 1 aromatic rings. The SMILES string of the molecule is O=C(O)CN1C(=O)Cc2ccc(O)cc21. The van der Waals surface area contributed by atoms with E-state index in [1.54, 1.807) is 6.07 Å². The first kappa shape index (κ1) is 9.51. The number of aromatic hydroxyl groups is 1. The maximum absolute atomic E-state index is 11.5. The number of anilines is 1. The molecular formula is C10H9NO4. The summed E-state index contributed by atoms with van der Waals surface area (Å²) in [5.41, 5.74) is 1.24. The zero-order valence-corrected chi connectivity index (χ0v) is 7.80. The van der Waals surface area contributed by atoms with Crippen LogP contribution in [0.4, 0.5) is 5.69 Å². The second kappa shape index (κ2) is 3.27. The van der Waals surface area contributed by atoms with Crippen molar-refractivity contribution in [2.24, 2.45) is 0 Å². The summed E-state index contributed by atoms with van der Waals surface area (Å²) >= 11 is 0. The van der Waals surface area contributed by atoms with E-state index in [1.165, 1.54) is 12.1 Å². The minimum atomic E-state index is -1.07. The number of carboxylic acids is 1. The molecule has 0 saturated carbocycles. The largest absolute Gasteiger partial charge is 0.508 e.